The number of amides is 1. The number of para-hydroxylation sites is 1. The Kier molecular flexibility index (Phi) is 11.4. The van der Waals surface area contributed by atoms with Crippen LogP contribution in [0.1, 0.15) is 18.1 Å². The molecule has 0 saturated carbocycles. The average molecular weight is 528 g/mol. The lowest BCUT2D eigenvalue weighted by atomic mass is 10.0. The third-order valence-corrected chi connectivity index (χ3v) is 5.12. The summed E-state index contributed by atoms with van der Waals surface area (Å²) >= 11 is 7.23. The zero-order chi connectivity index (χ0) is 23.3. The molecule has 2 aromatic carbocycles. The molecular weight excluding hydrogens is 502 g/mol. The van der Waals surface area contributed by atoms with E-state index in [-0.39, 0.29) is 32.0 Å². The van der Waals surface area contributed by atoms with E-state index >= 15 is 0 Å². The van der Waals surface area contributed by atoms with Crippen molar-refractivity contribution >= 4 is 46.3 Å². The lowest BCUT2D eigenvalue weighted by Crippen LogP contribution is -2.30. The number of esters is 1. The molecule has 2 atom stereocenters. The predicted octanol–water partition coefficient (Wildman–Crippen LogP) is 3.99. The molecule has 0 fully saturated rings. The summed E-state index contributed by atoms with van der Waals surface area (Å²) in [6, 6.07) is 14.0. The summed E-state index contributed by atoms with van der Waals surface area (Å²) in [6.07, 6.45) is -1.94. The number of carbonyl (C=O) groups excluding carboxylic acids is 2. The quantitative estimate of drug-likeness (QED) is 0.283. The van der Waals surface area contributed by atoms with E-state index in [2.05, 4.69) is 33.9 Å². The molecule has 0 aromatic heterocycles. The number of benzene rings is 2. The van der Waals surface area contributed by atoms with Gasteiger partial charge in [-0.05, 0) is 30.3 Å². The molecule has 2 N–H and O–H groups in total. The van der Waals surface area contributed by atoms with E-state index in [1.807, 2.05) is 0 Å². The van der Waals surface area contributed by atoms with Crippen molar-refractivity contribution < 1.29 is 33.6 Å². The van der Waals surface area contributed by atoms with Gasteiger partial charge in [-0.3, -0.25) is 10.1 Å². The average Bonchev–Trinajstić information content (AvgIpc) is 2.81. The maximum atomic E-state index is 12.7. The monoisotopic (exact) mass is 527 g/mol. The number of aliphatic hydroxyl groups excluding tert-OH is 1. The van der Waals surface area contributed by atoms with Gasteiger partial charge >= 0.3 is 12.1 Å². The van der Waals surface area contributed by atoms with Crippen LogP contribution in [0, 0.1) is 0 Å². The maximum Gasteiger partial charge on any atom is 0.412 e. The fraction of sp³-hybridized carbons (Fsp3) is 0.364. The van der Waals surface area contributed by atoms with Gasteiger partial charge in [-0.1, -0.05) is 34.1 Å². The van der Waals surface area contributed by atoms with E-state index in [4.69, 9.17) is 24.1 Å². The van der Waals surface area contributed by atoms with Gasteiger partial charge in [-0.15, -0.1) is 0 Å². The topological polar surface area (TPSA) is 103 Å². The van der Waals surface area contributed by atoms with E-state index in [1.54, 1.807) is 48.5 Å². The van der Waals surface area contributed by atoms with Gasteiger partial charge in [0.25, 0.3) is 0 Å². The van der Waals surface area contributed by atoms with Gasteiger partial charge in [0.1, 0.15) is 18.5 Å². The van der Waals surface area contributed by atoms with Gasteiger partial charge in [-0.25, -0.2) is 4.79 Å². The molecule has 0 unspecified atom stereocenters. The second-order valence-corrected chi connectivity index (χ2v) is 7.74. The van der Waals surface area contributed by atoms with Crippen LogP contribution >= 0.6 is 28.6 Å². The third-order valence-electron chi connectivity index (χ3n) is 4.33. The minimum atomic E-state index is -0.875. The summed E-state index contributed by atoms with van der Waals surface area (Å²) in [5.74, 6) is -0.0527. The molecule has 10 heteroatoms. The number of thiol groups is 1. The number of aliphatic hydroxyl groups is 1. The van der Waals surface area contributed by atoms with E-state index in [0.29, 0.717) is 17.0 Å². The fourth-order valence-electron chi connectivity index (χ4n) is 2.87. The van der Waals surface area contributed by atoms with Crippen molar-refractivity contribution in [3.8, 4) is 5.75 Å². The summed E-state index contributed by atoms with van der Waals surface area (Å²) in [4.78, 5) is 24.1. The molecule has 0 bridgehead atoms. The Morgan fingerprint density at radius 3 is 2.50 bits per heavy atom. The van der Waals surface area contributed by atoms with E-state index < -0.39 is 24.3 Å². The second kappa shape index (κ2) is 14.0. The van der Waals surface area contributed by atoms with Crippen molar-refractivity contribution in [2.24, 2.45) is 0 Å². The molecule has 0 saturated heterocycles. The highest BCUT2D eigenvalue weighted by Crippen LogP contribution is 2.33. The normalized spacial score (nSPS) is 12.5. The molecule has 0 aliphatic rings. The van der Waals surface area contributed by atoms with Gasteiger partial charge in [0.05, 0.1) is 19.0 Å². The van der Waals surface area contributed by atoms with Crippen LogP contribution in [-0.2, 0) is 19.0 Å². The number of carbonyl (C=O) groups is 2. The molecule has 8 nitrogen and oxygen atoms in total. The van der Waals surface area contributed by atoms with Crippen molar-refractivity contribution in [2.75, 3.05) is 38.0 Å². The van der Waals surface area contributed by atoms with Crippen molar-refractivity contribution in [1.29, 1.82) is 0 Å². The van der Waals surface area contributed by atoms with Crippen LogP contribution in [0.15, 0.2) is 53.0 Å². The van der Waals surface area contributed by atoms with E-state index in [9.17, 15) is 9.59 Å². The molecule has 0 heterocycles. The van der Waals surface area contributed by atoms with Gasteiger partial charge in [0.15, 0.2) is 6.10 Å². The summed E-state index contributed by atoms with van der Waals surface area (Å²) in [7, 11) is 1.48. The van der Waals surface area contributed by atoms with Gasteiger partial charge in [0.2, 0.25) is 0 Å². The second-order valence-electron chi connectivity index (χ2n) is 6.51. The van der Waals surface area contributed by atoms with Crippen LogP contribution in [0.25, 0.3) is 0 Å². The Morgan fingerprint density at radius 2 is 1.84 bits per heavy atom. The van der Waals surface area contributed by atoms with Crippen molar-refractivity contribution in [1.82, 2.24) is 0 Å². The number of hydrogen-bond donors (Lipinski definition) is 3. The van der Waals surface area contributed by atoms with Gasteiger partial charge < -0.3 is 24.1 Å². The molecule has 32 heavy (non-hydrogen) atoms. The largest absolute Gasteiger partial charge is 0.491 e. The highest BCUT2D eigenvalue weighted by molar-refractivity contribution is 9.10. The number of ether oxygens (including phenoxy) is 4. The van der Waals surface area contributed by atoms with Crippen molar-refractivity contribution in [3.63, 3.8) is 0 Å². The zero-order valence-corrected chi connectivity index (χ0v) is 20.0. The number of anilines is 1. The van der Waals surface area contributed by atoms with Crippen LogP contribution < -0.4 is 10.1 Å². The maximum absolute atomic E-state index is 12.7. The Labute approximate surface area is 200 Å². The SMILES string of the molecule is CO[C@@H](CCOC(=O)CS)[C@@H](OC(=O)Nc1ccc(Br)cc1)c1ccccc1OCCO. The van der Waals surface area contributed by atoms with Crippen molar-refractivity contribution in [3.05, 3.63) is 58.6 Å². The first-order chi connectivity index (χ1) is 15.5. The zero-order valence-electron chi connectivity index (χ0n) is 17.5. The van der Waals surface area contributed by atoms with Gasteiger partial charge in [0, 0.05) is 29.3 Å². The molecule has 1 amide bonds. The summed E-state index contributed by atoms with van der Waals surface area (Å²) in [6.45, 7) is -0.0327. The summed E-state index contributed by atoms with van der Waals surface area (Å²) in [5, 5.41) is 11.8. The summed E-state index contributed by atoms with van der Waals surface area (Å²) < 4.78 is 22.9. The third kappa shape index (κ3) is 8.34. The summed E-state index contributed by atoms with van der Waals surface area (Å²) in [5.41, 5.74) is 1.11. The number of rotatable bonds is 12. The molecule has 174 valence electrons. The fourth-order valence-corrected chi connectivity index (χ4v) is 3.22. The first-order valence-electron chi connectivity index (χ1n) is 9.83. The molecule has 0 radical (unpaired) electrons. The van der Waals surface area contributed by atoms with Crippen LogP contribution in [0.3, 0.4) is 0 Å². The molecule has 0 aliphatic heterocycles. The van der Waals surface area contributed by atoms with E-state index in [0.717, 1.165) is 4.47 Å². The Hall–Kier alpha value is -2.27. The predicted molar refractivity (Wildman–Crippen MR) is 126 cm³/mol. The van der Waals surface area contributed by atoms with Crippen molar-refractivity contribution in [2.45, 2.75) is 18.6 Å². The Balaban J connectivity index is 2.24. The number of hydrogen-bond acceptors (Lipinski definition) is 8. The van der Waals surface area contributed by atoms with Crippen LogP contribution in [-0.4, -0.2) is 56.0 Å². The smallest absolute Gasteiger partial charge is 0.412 e. The molecule has 2 aromatic rings. The van der Waals surface area contributed by atoms with Crippen LogP contribution in [0.5, 0.6) is 5.75 Å². The van der Waals surface area contributed by atoms with Crippen LogP contribution in [0.4, 0.5) is 10.5 Å². The molecule has 0 aliphatic carbocycles. The minimum absolute atomic E-state index is 0.0367. The molecular formula is C22H26BrNO7S. The first-order valence-corrected chi connectivity index (χ1v) is 11.3. The van der Waals surface area contributed by atoms with Gasteiger partial charge in [-0.2, -0.15) is 12.6 Å². The lowest BCUT2D eigenvalue weighted by molar-refractivity contribution is -0.141. The minimum Gasteiger partial charge on any atom is -0.491 e. The number of nitrogens with one attached hydrogen (secondary N) is 1. The lowest BCUT2D eigenvalue weighted by Gasteiger charge is -2.27. The van der Waals surface area contributed by atoms with E-state index in [1.165, 1.54) is 7.11 Å². The highest BCUT2D eigenvalue weighted by atomic mass is 79.9. The number of methoxy groups -OCH3 is 1. The number of halogens is 1. The standard InChI is InChI=1S/C22H26BrNO7S/c1-28-19(10-12-30-20(26)14-32)21(17-4-2-3-5-18(17)29-13-11-25)31-22(27)24-16-8-6-15(23)7-9-16/h2-9,19,21,25,32H,10-14H2,1H3,(H,24,27)/t19-,21-/m0/s1. The Bertz CT molecular complexity index is 866. The highest BCUT2D eigenvalue weighted by Gasteiger charge is 2.30. The molecule has 2 rings (SSSR count). The Morgan fingerprint density at radius 1 is 1.12 bits per heavy atom. The van der Waals surface area contributed by atoms with Crippen LogP contribution in [0.2, 0.25) is 0 Å². The molecule has 0 spiro atoms. The first kappa shape index (κ1) is 26.0.